The van der Waals surface area contributed by atoms with Crippen LogP contribution in [0.25, 0.3) is 10.9 Å². The molecule has 0 radical (unpaired) electrons. The number of aliphatic hydroxyl groups is 1. The molecule has 2 heterocycles. The van der Waals surface area contributed by atoms with Gasteiger partial charge in [0.2, 0.25) is 0 Å². The van der Waals surface area contributed by atoms with Crippen molar-refractivity contribution in [2.24, 2.45) is 0 Å². The quantitative estimate of drug-likeness (QED) is 0.844. The molecule has 2 N–H and O–H groups in total. The van der Waals surface area contributed by atoms with Crippen LogP contribution in [0.1, 0.15) is 37.1 Å². The van der Waals surface area contributed by atoms with Gasteiger partial charge in [0.1, 0.15) is 6.10 Å². The molecule has 1 saturated heterocycles. The van der Waals surface area contributed by atoms with Crippen molar-refractivity contribution in [2.75, 3.05) is 6.61 Å². The molecule has 148 valence electrons. The molecule has 3 atom stereocenters. The van der Waals surface area contributed by atoms with Crippen molar-refractivity contribution in [3.63, 3.8) is 0 Å². The first-order valence-electron chi connectivity index (χ1n) is 9.77. The highest BCUT2D eigenvalue weighted by molar-refractivity contribution is 5.88. The van der Waals surface area contributed by atoms with Gasteiger partial charge in [0.25, 0.3) is 0 Å². The summed E-state index contributed by atoms with van der Waals surface area (Å²) in [6.07, 6.45) is 0.731. The minimum absolute atomic E-state index is 0.0490. The largest absolute Gasteiger partial charge is 0.447 e. The number of aromatic nitrogens is 1. The van der Waals surface area contributed by atoms with E-state index in [1.165, 1.54) is 0 Å². The van der Waals surface area contributed by atoms with Crippen molar-refractivity contribution in [1.82, 2.24) is 9.88 Å². The first kappa shape index (κ1) is 18.8. The van der Waals surface area contributed by atoms with Gasteiger partial charge in [-0.15, -0.1) is 0 Å². The maximum Gasteiger partial charge on any atom is 0.407 e. The van der Waals surface area contributed by atoms with E-state index in [1.807, 2.05) is 32.0 Å². The van der Waals surface area contributed by atoms with Crippen molar-refractivity contribution >= 4 is 17.0 Å². The predicted octanol–water partition coefficient (Wildman–Crippen LogP) is 2.26. The van der Waals surface area contributed by atoms with E-state index in [0.717, 1.165) is 22.2 Å². The van der Waals surface area contributed by atoms with E-state index in [4.69, 9.17) is 9.47 Å². The number of hydrogen-bond donors (Lipinski definition) is 2. The average molecular weight is 383 g/mol. The van der Waals surface area contributed by atoms with Gasteiger partial charge < -0.3 is 24.5 Å². The fourth-order valence-electron chi connectivity index (χ4n) is 4.28. The molecule has 7 nitrogen and oxygen atoms in total. The van der Waals surface area contributed by atoms with E-state index in [2.05, 4.69) is 16.0 Å². The minimum Gasteiger partial charge on any atom is -0.447 e. The molecule has 1 amide bonds. The van der Waals surface area contributed by atoms with Crippen LogP contribution in [0.15, 0.2) is 18.2 Å². The van der Waals surface area contributed by atoms with Crippen molar-refractivity contribution in [1.29, 1.82) is 5.26 Å². The van der Waals surface area contributed by atoms with Gasteiger partial charge in [0, 0.05) is 35.7 Å². The zero-order chi connectivity index (χ0) is 19.8. The Labute approximate surface area is 163 Å². The third kappa shape index (κ3) is 3.46. The predicted molar refractivity (Wildman–Crippen MR) is 103 cm³/mol. The normalized spacial score (nSPS) is 23.8. The lowest BCUT2D eigenvalue weighted by atomic mass is 10.1. The second-order valence-corrected chi connectivity index (χ2v) is 7.85. The van der Waals surface area contributed by atoms with E-state index in [1.54, 1.807) is 0 Å². The van der Waals surface area contributed by atoms with Crippen LogP contribution in [0, 0.1) is 11.3 Å². The monoisotopic (exact) mass is 383 g/mol. The zero-order valence-corrected chi connectivity index (χ0v) is 16.1. The number of rotatable bonds is 4. The Balaban J connectivity index is 1.65. The van der Waals surface area contributed by atoms with Crippen LogP contribution >= 0.6 is 0 Å². The van der Waals surface area contributed by atoms with Crippen molar-refractivity contribution in [3.8, 4) is 6.07 Å². The fraction of sp³-hybridized carbons (Fsp3) is 0.524. The fourth-order valence-corrected chi connectivity index (χ4v) is 4.28. The summed E-state index contributed by atoms with van der Waals surface area (Å²) in [6, 6.07) is 7.84. The number of ether oxygens (including phenoxy) is 2. The maximum absolute atomic E-state index is 12.0. The standard InChI is InChI=1S/C21H25N3O4/c1-12(2)28-21(26)23-14-8-16-15-7-13(10-22)3-4-17(15)24(18(16)9-14)11-20-19(25)5-6-27-20/h3-4,7,12,14,19-20,25H,5-6,8-9,11H2,1-2H3,(H,23,26). The van der Waals surface area contributed by atoms with Gasteiger partial charge >= 0.3 is 6.09 Å². The molecule has 2 aliphatic rings. The lowest BCUT2D eigenvalue weighted by molar-refractivity contribution is 0.0314. The molecule has 1 fully saturated rings. The van der Waals surface area contributed by atoms with Gasteiger partial charge in [-0.2, -0.15) is 5.26 Å². The van der Waals surface area contributed by atoms with Gasteiger partial charge in [-0.1, -0.05) is 0 Å². The highest BCUT2D eigenvalue weighted by atomic mass is 16.6. The molecule has 4 rings (SSSR count). The molecule has 28 heavy (non-hydrogen) atoms. The molecule has 1 aromatic heterocycles. The molecular weight excluding hydrogens is 358 g/mol. The molecule has 7 heteroatoms. The van der Waals surface area contributed by atoms with E-state index in [9.17, 15) is 15.2 Å². The Morgan fingerprint density at radius 3 is 2.96 bits per heavy atom. The molecule has 1 aliphatic heterocycles. The molecule has 0 saturated carbocycles. The third-order valence-corrected chi connectivity index (χ3v) is 5.51. The summed E-state index contributed by atoms with van der Waals surface area (Å²) in [5.41, 5.74) is 3.92. The van der Waals surface area contributed by atoms with Crippen LogP contribution in [0.4, 0.5) is 4.79 Å². The Bertz CT molecular complexity index is 943. The van der Waals surface area contributed by atoms with Crippen molar-refractivity contribution in [2.45, 2.75) is 64.0 Å². The first-order chi connectivity index (χ1) is 13.5. The number of carbonyl (C=O) groups excluding carboxylic acids is 1. The summed E-state index contributed by atoms with van der Waals surface area (Å²) < 4.78 is 13.1. The number of nitrogens with zero attached hydrogens (tertiary/aromatic N) is 2. The summed E-state index contributed by atoms with van der Waals surface area (Å²) in [7, 11) is 0. The summed E-state index contributed by atoms with van der Waals surface area (Å²) in [5.74, 6) is 0. The lowest BCUT2D eigenvalue weighted by Gasteiger charge is -2.19. The minimum atomic E-state index is -0.470. The Morgan fingerprint density at radius 1 is 1.46 bits per heavy atom. The highest BCUT2D eigenvalue weighted by Crippen LogP contribution is 2.35. The second kappa shape index (κ2) is 7.46. The summed E-state index contributed by atoms with van der Waals surface area (Å²) in [4.78, 5) is 12.0. The maximum atomic E-state index is 12.0. The molecule has 1 aromatic carbocycles. The SMILES string of the molecule is CC(C)OC(=O)NC1Cc2c(n(CC3OCCC3O)c3ccc(C#N)cc23)C1. The number of fused-ring (bicyclic) bond motifs is 3. The number of hydrogen-bond acceptors (Lipinski definition) is 5. The molecule has 1 aliphatic carbocycles. The number of alkyl carbamates (subject to hydrolysis) is 1. The number of benzene rings is 1. The van der Waals surface area contributed by atoms with Crippen LogP contribution in [0.3, 0.4) is 0 Å². The van der Waals surface area contributed by atoms with Crippen LogP contribution < -0.4 is 5.32 Å². The van der Waals surface area contributed by atoms with Crippen LogP contribution in [0.5, 0.6) is 0 Å². The van der Waals surface area contributed by atoms with Gasteiger partial charge in [-0.05, 0) is 50.5 Å². The van der Waals surface area contributed by atoms with Crippen LogP contribution in [-0.4, -0.2) is 46.7 Å². The lowest BCUT2D eigenvalue weighted by Crippen LogP contribution is -2.37. The van der Waals surface area contributed by atoms with E-state index >= 15 is 0 Å². The average Bonchev–Trinajstić information content (AvgIpc) is 3.30. The third-order valence-electron chi connectivity index (χ3n) is 5.51. The van der Waals surface area contributed by atoms with Crippen LogP contribution in [0.2, 0.25) is 0 Å². The summed E-state index contributed by atoms with van der Waals surface area (Å²) >= 11 is 0. The highest BCUT2D eigenvalue weighted by Gasteiger charge is 2.33. The first-order valence-corrected chi connectivity index (χ1v) is 9.77. The van der Waals surface area contributed by atoms with Crippen LogP contribution in [-0.2, 0) is 28.9 Å². The van der Waals surface area contributed by atoms with Gasteiger partial charge in [-0.25, -0.2) is 4.79 Å². The van der Waals surface area contributed by atoms with Crippen molar-refractivity contribution in [3.05, 3.63) is 35.0 Å². The molecule has 0 bridgehead atoms. The number of carbonyl (C=O) groups is 1. The smallest absolute Gasteiger partial charge is 0.407 e. The van der Waals surface area contributed by atoms with E-state index < -0.39 is 12.2 Å². The van der Waals surface area contributed by atoms with Gasteiger partial charge in [0.15, 0.2) is 0 Å². The Kier molecular flexibility index (Phi) is 5.00. The molecular formula is C21H25N3O4. The van der Waals surface area contributed by atoms with Gasteiger partial charge in [0.05, 0.1) is 30.4 Å². The number of nitriles is 1. The van der Waals surface area contributed by atoms with E-state index in [-0.39, 0.29) is 18.2 Å². The second-order valence-electron chi connectivity index (χ2n) is 7.85. The zero-order valence-electron chi connectivity index (χ0n) is 16.1. The Hall–Kier alpha value is -2.56. The Morgan fingerprint density at radius 2 is 2.29 bits per heavy atom. The van der Waals surface area contributed by atoms with Crippen molar-refractivity contribution < 1.29 is 19.4 Å². The molecule has 0 spiro atoms. The summed E-state index contributed by atoms with van der Waals surface area (Å²) in [5, 5.41) is 23.5. The number of aliphatic hydroxyl groups excluding tert-OH is 1. The van der Waals surface area contributed by atoms with E-state index in [0.29, 0.717) is 38.0 Å². The summed E-state index contributed by atoms with van der Waals surface area (Å²) in [6.45, 7) is 4.76. The topological polar surface area (TPSA) is 96.5 Å². The number of amides is 1. The molecule has 3 unspecified atom stereocenters. The van der Waals surface area contributed by atoms with Gasteiger partial charge in [-0.3, -0.25) is 0 Å². The molecule has 2 aromatic rings. The number of nitrogens with one attached hydrogen (secondary N) is 1.